The summed E-state index contributed by atoms with van der Waals surface area (Å²) in [5.74, 6) is 0. The van der Waals surface area contributed by atoms with E-state index in [1.54, 1.807) is 0 Å². The van der Waals surface area contributed by atoms with Crippen molar-refractivity contribution in [2.24, 2.45) is 0 Å². The molecule has 0 unspecified atom stereocenters. The summed E-state index contributed by atoms with van der Waals surface area (Å²) < 4.78 is 17.0. The molecule has 3 heteroatoms. The molecule has 0 heterocycles. The molecule has 0 bridgehead atoms. The van der Waals surface area contributed by atoms with Crippen LogP contribution in [0.5, 0.6) is 0 Å². The normalized spacial score (nSPS) is 8.42. The fourth-order valence-corrected chi connectivity index (χ4v) is 1.46. The standard InChI is InChI=1S/2C8H9.2O.Os/c2*1-7-4-3-5-8(2)6-7;;;/h2*3-5H,1-2H3;;;/q2*-1;;;+2. The second kappa shape index (κ2) is 10.6. The molecule has 0 aromatic heterocycles. The van der Waals surface area contributed by atoms with Gasteiger partial charge in [-0.1, -0.05) is 27.7 Å². The van der Waals surface area contributed by atoms with Crippen molar-refractivity contribution in [3.05, 3.63) is 70.8 Å². The molecule has 0 radical (unpaired) electrons. The Morgan fingerprint density at radius 3 is 1.00 bits per heavy atom. The first-order chi connectivity index (χ1) is 8.99. The summed E-state index contributed by atoms with van der Waals surface area (Å²) in [6.07, 6.45) is 0. The van der Waals surface area contributed by atoms with Crippen molar-refractivity contribution in [1.29, 1.82) is 0 Å². The van der Waals surface area contributed by atoms with Gasteiger partial charge in [0.05, 0.1) is 0 Å². The Kier molecular flexibility index (Phi) is 9.85. The van der Waals surface area contributed by atoms with Gasteiger partial charge in [-0.2, -0.15) is 70.8 Å². The van der Waals surface area contributed by atoms with Crippen molar-refractivity contribution >= 4 is 0 Å². The molecule has 0 atom stereocenters. The van der Waals surface area contributed by atoms with E-state index in [1.807, 2.05) is 64.1 Å². The van der Waals surface area contributed by atoms with E-state index in [9.17, 15) is 0 Å². The summed E-state index contributed by atoms with van der Waals surface area (Å²) in [6.45, 7) is 8.19. The minimum absolute atomic E-state index is 1.21. The minimum atomic E-state index is -2.08. The zero-order valence-electron chi connectivity index (χ0n) is 11.6. The molecule has 0 aliphatic carbocycles. The third kappa shape index (κ3) is 10.3. The van der Waals surface area contributed by atoms with Crippen molar-refractivity contribution in [1.82, 2.24) is 0 Å². The van der Waals surface area contributed by atoms with E-state index in [-0.39, 0.29) is 0 Å². The van der Waals surface area contributed by atoms with Gasteiger partial charge >= 0.3 is 24.4 Å². The van der Waals surface area contributed by atoms with Crippen LogP contribution in [0, 0.1) is 39.8 Å². The molecule has 2 rings (SSSR count). The fraction of sp³-hybridized carbons (Fsp3) is 0.250. The van der Waals surface area contributed by atoms with E-state index in [0.717, 1.165) is 0 Å². The van der Waals surface area contributed by atoms with Crippen LogP contribution >= 0.6 is 0 Å². The quantitative estimate of drug-likeness (QED) is 0.591. The first-order valence-electron chi connectivity index (χ1n) is 5.78. The number of aryl methyl sites for hydroxylation is 4. The molecule has 0 saturated carbocycles. The van der Waals surface area contributed by atoms with Gasteiger partial charge in [0.1, 0.15) is 0 Å². The summed E-state index contributed by atoms with van der Waals surface area (Å²) in [6, 6.07) is 18.6. The maximum absolute atomic E-state index is 8.51. The first-order valence-corrected chi connectivity index (χ1v) is 7.85. The Morgan fingerprint density at radius 1 is 0.684 bits per heavy atom. The molecular formula is C16H18O2Os. The SMILES string of the molecule is Cc1[c-]c(C)ccc1.Cc1[c-]c(C)ccc1.[O]=[Os+2]=[O]. The number of hydrogen-bond acceptors (Lipinski definition) is 2. The molecule has 2 aromatic carbocycles. The molecule has 0 fully saturated rings. The Balaban J connectivity index is 0.000000284. The Hall–Kier alpha value is -1.32. The molecule has 0 amide bonds. The Labute approximate surface area is 123 Å². The second-order valence-corrected chi connectivity index (χ2v) is 4.52. The molecule has 2 nitrogen and oxygen atoms in total. The molecule has 0 saturated heterocycles. The molecule has 19 heavy (non-hydrogen) atoms. The van der Waals surface area contributed by atoms with Crippen LogP contribution < -0.4 is 0 Å². The molecule has 0 aliphatic rings. The van der Waals surface area contributed by atoms with Crippen LogP contribution in [0.1, 0.15) is 22.3 Å². The van der Waals surface area contributed by atoms with E-state index in [2.05, 4.69) is 12.1 Å². The number of hydrogen-bond donors (Lipinski definition) is 0. The molecule has 102 valence electrons. The molecule has 0 N–H and O–H groups in total. The van der Waals surface area contributed by atoms with Gasteiger partial charge in [-0.25, -0.2) is 0 Å². The van der Waals surface area contributed by atoms with Gasteiger partial charge in [0.2, 0.25) is 0 Å². The van der Waals surface area contributed by atoms with E-state index in [1.165, 1.54) is 22.3 Å². The molecular weight excluding hydrogens is 414 g/mol. The van der Waals surface area contributed by atoms with Gasteiger partial charge in [0, 0.05) is 0 Å². The van der Waals surface area contributed by atoms with E-state index >= 15 is 0 Å². The van der Waals surface area contributed by atoms with Crippen molar-refractivity contribution in [2.75, 3.05) is 0 Å². The van der Waals surface area contributed by atoms with E-state index in [0.29, 0.717) is 0 Å². The average Bonchev–Trinajstić information content (AvgIpc) is 2.30. The fourth-order valence-electron chi connectivity index (χ4n) is 1.46. The van der Waals surface area contributed by atoms with Gasteiger partial charge in [0.15, 0.2) is 0 Å². The van der Waals surface area contributed by atoms with Crippen LogP contribution in [0.2, 0.25) is 0 Å². The third-order valence-corrected chi connectivity index (χ3v) is 2.17. The molecule has 2 aromatic rings. The van der Waals surface area contributed by atoms with E-state index < -0.39 is 17.3 Å². The monoisotopic (exact) mass is 434 g/mol. The topological polar surface area (TPSA) is 34.1 Å². The van der Waals surface area contributed by atoms with Crippen molar-refractivity contribution in [2.45, 2.75) is 27.7 Å². The van der Waals surface area contributed by atoms with Gasteiger partial charge in [0.25, 0.3) is 0 Å². The summed E-state index contributed by atoms with van der Waals surface area (Å²) in [5.41, 5.74) is 4.85. The molecule has 0 spiro atoms. The maximum atomic E-state index is 8.51. The first kappa shape index (κ1) is 17.7. The second-order valence-electron chi connectivity index (χ2n) is 4.09. The van der Waals surface area contributed by atoms with Crippen LogP contribution in [0.3, 0.4) is 0 Å². The van der Waals surface area contributed by atoms with Gasteiger partial charge in [-0.15, -0.1) is 0 Å². The number of benzene rings is 2. The Bertz CT molecular complexity index is 452. The van der Waals surface area contributed by atoms with Gasteiger partial charge in [-0.05, 0) is 0 Å². The van der Waals surface area contributed by atoms with Crippen LogP contribution in [-0.2, 0) is 24.4 Å². The third-order valence-electron chi connectivity index (χ3n) is 2.17. The van der Waals surface area contributed by atoms with Gasteiger partial charge in [-0.3, -0.25) is 0 Å². The predicted octanol–water partition coefficient (Wildman–Crippen LogP) is 3.97. The average molecular weight is 433 g/mol. The van der Waals surface area contributed by atoms with Crippen molar-refractivity contribution in [3.63, 3.8) is 0 Å². The summed E-state index contributed by atoms with van der Waals surface area (Å²) >= 11 is -2.08. The van der Waals surface area contributed by atoms with Crippen LogP contribution in [0.15, 0.2) is 36.4 Å². The van der Waals surface area contributed by atoms with Crippen LogP contribution in [0.4, 0.5) is 0 Å². The predicted molar refractivity (Wildman–Crippen MR) is 70.9 cm³/mol. The summed E-state index contributed by atoms with van der Waals surface area (Å²) in [4.78, 5) is 0. The van der Waals surface area contributed by atoms with E-state index in [4.69, 9.17) is 7.08 Å². The summed E-state index contributed by atoms with van der Waals surface area (Å²) in [7, 11) is 0. The zero-order valence-corrected chi connectivity index (χ0v) is 14.2. The van der Waals surface area contributed by atoms with Gasteiger partial charge < -0.3 is 0 Å². The van der Waals surface area contributed by atoms with Crippen LogP contribution in [0.25, 0.3) is 0 Å². The summed E-state index contributed by atoms with van der Waals surface area (Å²) in [5, 5.41) is 0. The molecule has 0 aliphatic heterocycles. The Morgan fingerprint density at radius 2 is 0.895 bits per heavy atom. The number of rotatable bonds is 0. The van der Waals surface area contributed by atoms with Crippen molar-refractivity contribution in [3.8, 4) is 0 Å². The zero-order chi connectivity index (χ0) is 14.7. The van der Waals surface area contributed by atoms with Crippen molar-refractivity contribution < 1.29 is 24.4 Å². The van der Waals surface area contributed by atoms with Crippen LogP contribution in [-0.4, -0.2) is 0 Å².